The lowest BCUT2D eigenvalue weighted by atomic mass is 9.72. The number of nitrogens with zero attached hydrogens (tertiary/aromatic N) is 1. The Balaban J connectivity index is 1.37. The Kier molecular flexibility index (Phi) is 10.1. The van der Waals surface area contributed by atoms with Gasteiger partial charge in [0.1, 0.15) is 0 Å². The molecular weight excluding hydrogens is 684 g/mol. The van der Waals surface area contributed by atoms with Gasteiger partial charge in [-0.2, -0.15) is 26.3 Å². The Morgan fingerprint density at radius 2 is 1.53 bits per heavy atom. The highest BCUT2D eigenvalue weighted by atomic mass is 19.3. The summed E-state index contributed by atoms with van der Waals surface area (Å²) in [6.45, 7) is 5.14. The molecule has 0 fully saturated rings. The van der Waals surface area contributed by atoms with Gasteiger partial charge in [-0.25, -0.2) is 9.59 Å². The Bertz CT molecular complexity index is 1820. The van der Waals surface area contributed by atoms with E-state index in [-0.39, 0.29) is 23.2 Å². The molecule has 1 unspecified atom stereocenters. The van der Waals surface area contributed by atoms with E-state index in [2.05, 4.69) is 41.6 Å². The molecular formula is C36H35F6N3O6. The van der Waals surface area contributed by atoms with Crippen molar-refractivity contribution in [1.29, 1.82) is 0 Å². The van der Waals surface area contributed by atoms with Gasteiger partial charge < -0.3 is 25.2 Å². The number of aliphatic carboxylic acids is 1. The van der Waals surface area contributed by atoms with E-state index in [0.29, 0.717) is 17.2 Å². The first-order valence-corrected chi connectivity index (χ1v) is 15.9. The number of hydrogen-bond acceptors (Lipinski definition) is 5. The summed E-state index contributed by atoms with van der Waals surface area (Å²) in [6.07, 6.45) is -4.80. The van der Waals surface area contributed by atoms with Crippen molar-refractivity contribution < 1.29 is 55.3 Å². The fraction of sp³-hybridized carbons (Fsp3) is 0.361. The molecule has 0 bridgehead atoms. The van der Waals surface area contributed by atoms with Crippen LogP contribution >= 0.6 is 0 Å². The Morgan fingerprint density at radius 1 is 0.902 bits per heavy atom. The largest absolute Gasteiger partial charge is 0.507 e. The molecule has 0 saturated heterocycles. The maximum absolute atomic E-state index is 13.8. The van der Waals surface area contributed by atoms with Crippen LogP contribution in [0.5, 0.6) is 11.5 Å². The number of urea groups is 1. The molecule has 0 aromatic heterocycles. The van der Waals surface area contributed by atoms with E-state index in [1.165, 1.54) is 40.8 Å². The lowest BCUT2D eigenvalue weighted by Gasteiger charge is -2.33. The number of nitrogens with one attached hydrogen (secondary N) is 2. The molecule has 1 aliphatic heterocycles. The molecule has 1 heterocycles. The van der Waals surface area contributed by atoms with Crippen molar-refractivity contribution in [3.63, 3.8) is 0 Å². The van der Waals surface area contributed by atoms with Crippen LogP contribution in [0.25, 0.3) is 5.57 Å². The molecule has 3 aromatic carbocycles. The fourth-order valence-electron chi connectivity index (χ4n) is 5.67. The zero-order valence-corrected chi connectivity index (χ0v) is 27.7. The molecule has 0 spiro atoms. The molecule has 2 aliphatic rings. The molecule has 0 saturated carbocycles. The van der Waals surface area contributed by atoms with E-state index in [0.717, 1.165) is 37.0 Å². The van der Waals surface area contributed by atoms with Gasteiger partial charge in [-0.05, 0) is 83.7 Å². The number of anilines is 2. The summed E-state index contributed by atoms with van der Waals surface area (Å²) in [4.78, 5) is 38.0. The SMILES string of the molecule is CC(C)(C)C1CC=C(c2ccc(N(Cc3ccc(C(=O)NCC(F)(F)C(=O)O)cc3)C(=O)Nc3ccc4c(c3)OC(F)(F)C(F)(F)O4)cc2)CC1. The zero-order chi connectivity index (χ0) is 37.4. The molecule has 1 atom stereocenters. The quantitative estimate of drug-likeness (QED) is 0.191. The van der Waals surface area contributed by atoms with Crippen molar-refractivity contribution in [3.8, 4) is 11.5 Å². The number of allylic oxidation sites excluding steroid dienone is 2. The summed E-state index contributed by atoms with van der Waals surface area (Å²) < 4.78 is 90.0. The van der Waals surface area contributed by atoms with E-state index >= 15 is 0 Å². The summed E-state index contributed by atoms with van der Waals surface area (Å²) in [5, 5.41) is 13.0. The first-order chi connectivity index (χ1) is 23.8. The third-order valence-corrected chi connectivity index (χ3v) is 8.78. The first kappa shape index (κ1) is 37.1. The number of rotatable bonds is 9. The fourth-order valence-corrected chi connectivity index (χ4v) is 5.67. The van der Waals surface area contributed by atoms with Crippen molar-refractivity contribution in [2.75, 3.05) is 16.8 Å². The molecule has 1 aliphatic carbocycles. The number of fused-ring (bicyclic) bond motifs is 1. The van der Waals surface area contributed by atoms with Crippen LogP contribution in [0.15, 0.2) is 72.8 Å². The van der Waals surface area contributed by atoms with Gasteiger partial charge in [-0.15, -0.1) is 0 Å². The van der Waals surface area contributed by atoms with E-state index in [9.17, 15) is 40.7 Å². The predicted molar refractivity (Wildman–Crippen MR) is 175 cm³/mol. The number of benzene rings is 3. The van der Waals surface area contributed by atoms with Crippen molar-refractivity contribution in [2.45, 2.75) is 64.7 Å². The normalized spacial score (nSPS) is 17.9. The second kappa shape index (κ2) is 13.8. The number of ether oxygens (including phenoxy) is 2. The van der Waals surface area contributed by atoms with Crippen LogP contribution in [0.3, 0.4) is 0 Å². The predicted octanol–water partition coefficient (Wildman–Crippen LogP) is 8.56. The minimum atomic E-state index is -4.96. The van der Waals surface area contributed by atoms with Crippen LogP contribution in [-0.2, 0) is 11.3 Å². The van der Waals surface area contributed by atoms with Crippen LogP contribution in [0.4, 0.5) is 42.5 Å². The van der Waals surface area contributed by atoms with Crippen LogP contribution < -0.4 is 25.0 Å². The zero-order valence-electron chi connectivity index (χ0n) is 27.7. The number of hydrogen-bond donors (Lipinski definition) is 3. The van der Waals surface area contributed by atoms with E-state index in [1.807, 2.05) is 17.4 Å². The smallest absolute Gasteiger partial charge is 0.477 e. The van der Waals surface area contributed by atoms with Crippen LogP contribution in [0, 0.1) is 11.3 Å². The van der Waals surface area contributed by atoms with E-state index < -0.39 is 54.1 Å². The summed E-state index contributed by atoms with van der Waals surface area (Å²) in [6, 6.07) is 15.0. The van der Waals surface area contributed by atoms with Crippen molar-refractivity contribution in [1.82, 2.24) is 5.32 Å². The van der Waals surface area contributed by atoms with Gasteiger partial charge in [0.2, 0.25) is 0 Å². The number of carbonyl (C=O) groups is 3. The van der Waals surface area contributed by atoms with Crippen LogP contribution in [-0.4, -0.2) is 47.7 Å². The van der Waals surface area contributed by atoms with Gasteiger partial charge in [-0.3, -0.25) is 9.69 Å². The summed E-state index contributed by atoms with van der Waals surface area (Å²) in [5.74, 6) is -8.32. The summed E-state index contributed by atoms with van der Waals surface area (Å²) >= 11 is 0. The lowest BCUT2D eigenvalue weighted by molar-refractivity contribution is -0.391. The van der Waals surface area contributed by atoms with E-state index in [4.69, 9.17) is 5.11 Å². The van der Waals surface area contributed by atoms with Gasteiger partial charge in [0, 0.05) is 23.0 Å². The second-order valence-corrected chi connectivity index (χ2v) is 13.4. The highest BCUT2D eigenvalue weighted by Gasteiger charge is 2.66. The van der Waals surface area contributed by atoms with Crippen LogP contribution in [0.2, 0.25) is 0 Å². The topological polar surface area (TPSA) is 117 Å². The Morgan fingerprint density at radius 3 is 2.10 bits per heavy atom. The average molecular weight is 720 g/mol. The van der Waals surface area contributed by atoms with Gasteiger partial charge in [0.05, 0.1) is 13.1 Å². The third kappa shape index (κ3) is 8.40. The molecule has 15 heteroatoms. The standard InChI is InChI=1S/C36H35F6N3O6/c1-33(2,3)25-12-8-22(9-13-25)23-10-15-27(16-11-23)45(19-21-4-6-24(7-5-21)30(46)43-20-34(37,38)31(47)48)32(49)44-26-14-17-28-29(18-26)51-36(41,42)35(39,40)50-28/h4-8,10-11,14-18,25H,9,12-13,19-20H2,1-3H3,(H,43,46)(H,44,49)(H,47,48). The highest BCUT2D eigenvalue weighted by molar-refractivity contribution is 6.02. The number of carbonyl (C=O) groups excluding carboxylic acids is 2. The number of halogens is 6. The van der Waals surface area contributed by atoms with Crippen molar-refractivity contribution >= 4 is 34.9 Å². The van der Waals surface area contributed by atoms with Crippen molar-refractivity contribution in [3.05, 3.63) is 89.5 Å². The average Bonchev–Trinajstić information content (AvgIpc) is 3.06. The number of alkyl halides is 6. The first-order valence-electron chi connectivity index (χ1n) is 15.9. The third-order valence-electron chi connectivity index (χ3n) is 8.78. The molecule has 3 aromatic rings. The number of carboxylic acids is 1. The van der Waals surface area contributed by atoms with Crippen molar-refractivity contribution in [2.24, 2.45) is 11.3 Å². The molecule has 3 N–H and O–H groups in total. The van der Waals surface area contributed by atoms with E-state index in [1.54, 1.807) is 12.1 Å². The molecule has 0 radical (unpaired) electrons. The van der Waals surface area contributed by atoms with Gasteiger partial charge in [0.25, 0.3) is 5.91 Å². The molecule has 51 heavy (non-hydrogen) atoms. The summed E-state index contributed by atoms with van der Waals surface area (Å²) in [5.41, 5.74) is 3.10. The molecule has 5 rings (SSSR count). The van der Waals surface area contributed by atoms with Gasteiger partial charge in [-0.1, -0.05) is 51.1 Å². The summed E-state index contributed by atoms with van der Waals surface area (Å²) in [7, 11) is 0. The van der Waals surface area contributed by atoms with Gasteiger partial charge in [0.15, 0.2) is 11.5 Å². The van der Waals surface area contributed by atoms with Gasteiger partial charge >= 0.3 is 30.1 Å². The Labute approximate surface area is 289 Å². The second-order valence-electron chi connectivity index (χ2n) is 13.4. The monoisotopic (exact) mass is 719 g/mol. The number of carboxylic acid groups (broad SMARTS) is 1. The molecule has 3 amide bonds. The minimum absolute atomic E-state index is 0.0478. The molecule has 9 nitrogen and oxygen atoms in total. The minimum Gasteiger partial charge on any atom is -0.477 e. The Hall–Kier alpha value is -5.21. The number of amides is 3. The molecule has 272 valence electrons. The highest BCUT2D eigenvalue weighted by Crippen LogP contribution is 2.47. The van der Waals surface area contributed by atoms with Crippen LogP contribution in [0.1, 0.15) is 61.5 Å². The lowest BCUT2D eigenvalue weighted by Crippen LogP contribution is -2.52. The maximum Gasteiger partial charge on any atom is 0.507 e. The maximum atomic E-state index is 13.8.